The van der Waals surface area contributed by atoms with Gasteiger partial charge in [0.15, 0.2) is 0 Å². The minimum absolute atomic E-state index is 0. The molecule has 0 atom stereocenters. The van der Waals surface area contributed by atoms with Gasteiger partial charge in [-0.2, -0.15) is 0 Å². The first-order chi connectivity index (χ1) is 1.91. The van der Waals surface area contributed by atoms with Crippen molar-refractivity contribution < 1.29 is 10.2 Å². The zero-order chi connectivity index (χ0) is 3.41. The summed E-state index contributed by atoms with van der Waals surface area (Å²) in [6.07, 6.45) is 0. The fraction of sp³-hybridized carbons (Fsp3) is 1.00. The van der Waals surface area contributed by atoms with E-state index in [0.717, 1.165) is 0 Å². The Morgan fingerprint density at radius 2 is 1.20 bits per heavy atom. The van der Waals surface area contributed by atoms with E-state index in [2.05, 4.69) is 0 Å². The van der Waals surface area contributed by atoms with Gasteiger partial charge in [-0.15, -0.1) is 0 Å². The van der Waals surface area contributed by atoms with Crippen LogP contribution in [-0.4, -0.2) is 23.4 Å². The molecule has 5 N–H and O–H groups in total. The van der Waals surface area contributed by atoms with Crippen LogP contribution in [0, 0.1) is 0 Å². The zero-order valence-electron chi connectivity index (χ0n) is 3.02. The molecule has 0 saturated heterocycles. The third kappa shape index (κ3) is 17.7. The molecule has 0 aromatic heterocycles. The summed E-state index contributed by atoms with van der Waals surface area (Å²) in [5.41, 5.74) is 0. The smallest absolute Gasteiger partial charge is 0.0662 e. The highest BCUT2D eigenvalue weighted by atomic mass is 16.3. The Hall–Kier alpha value is -0.120. The van der Waals surface area contributed by atoms with Crippen molar-refractivity contribution in [1.29, 1.82) is 0 Å². The summed E-state index contributed by atoms with van der Waals surface area (Å²) >= 11 is 0. The molecule has 0 rings (SSSR count). The van der Waals surface area contributed by atoms with E-state index in [1.54, 1.807) is 0 Å². The Balaban J connectivity index is 0. The van der Waals surface area contributed by atoms with Gasteiger partial charge in [0, 0.05) is 0 Å². The molecule has 0 bridgehead atoms. The van der Waals surface area contributed by atoms with Gasteiger partial charge < -0.3 is 16.4 Å². The Morgan fingerprint density at radius 1 is 1.00 bits per heavy atom. The molecule has 0 aliphatic rings. The Bertz CT molecular complexity index is 9.61. The van der Waals surface area contributed by atoms with Gasteiger partial charge in [0.05, 0.1) is 13.2 Å². The largest absolute Gasteiger partial charge is 0.394 e. The summed E-state index contributed by atoms with van der Waals surface area (Å²) in [6, 6.07) is 0. The second kappa shape index (κ2) is 9.11. The van der Waals surface area contributed by atoms with Crippen molar-refractivity contribution in [2.45, 2.75) is 0 Å². The zero-order valence-corrected chi connectivity index (χ0v) is 3.02. The Kier molecular flexibility index (Phi) is 16.1. The van der Waals surface area contributed by atoms with E-state index in [-0.39, 0.29) is 19.4 Å². The molecule has 0 aromatic rings. The molecule has 5 heavy (non-hydrogen) atoms. The quantitative estimate of drug-likeness (QED) is 0.373. The second-order valence-electron chi connectivity index (χ2n) is 0.447. The average Bonchev–Trinajstić information content (AvgIpc) is 1.37. The predicted molar refractivity (Wildman–Crippen MR) is 19.2 cm³/mol. The lowest BCUT2D eigenvalue weighted by molar-refractivity contribution is 0.186. The first kappa shape index (κ1) is 8.86. The first-order valence-corrected chi connectivity index (χ1v) is 1.13. The van der Waals surface area contributed by atoms with Gasteiger partial charge in [-0.05, 0) is 0 Å². The normalized spacial score (nSPS) is 6.00. The molecular weight excluding hydrogens is 58.0 g/mol. The maximum atomic E-state index is 7.62. The van der Waals surface area contributed by atoms with E-state index in [1.807, 2.05) is 0 Å². The van der Waals surface area contributed by atoms with Crippen LogP contribution < -0.4 is 6.15 Å². The molecule has 0 radical (unpaired) electrons. The van der Waals surface area contributed by atoms with E-state index >= 15 is 0 Å². The number of aliphatic hydroxyl groups excluding tert-OH is 2. The first-order valence-electron chi connectivity index (χ1n) is 1.13. The third-order valence-corrected chi connectivity index (χ3v) is 0.1000. The topological polar surface area (TPSA) is 75.5 Å². The van der Waals surface area contributed by atoms with Crippen molar-refractivity contribution in [2.24, 2.45) is 0 Å². The molecule has 0 unspecified atom stereocenters. The lowest BCUT2D eigenvalue weighted by Crippen LogP contribution is -1.85. The summed E-state index contributed by atoms with van der Waals surface area (Å²) in [5, 5.41) is 15.2. The lowest BCUT2D eigenvalue weighted by atomic mass is 2.00. The minimum Gasteiger partial charge on any atom is -0.394 e. The monoisotopic (exact) mass is 67.1 g/mol. The van der Waals surface area contributed by atoms with Gasteiger partial charge in [-0.25, -0.2) is 0 Å². The van der Waals surface area contributed by atoms with Gasteiger partial charge in [0.25, 0.3) is 0 Å². The number of hydrogen-bond donors (Lipinski definition) is 3. The van der Waals surface area contributed by atoms with E-state index in [0.29, 0.717) is 0 Å². The number of aliphatic hydroxyl groups is 2. The van der Waals surface area contributed by atoms with Crippen LogP contribution in [0.1, 0.15) is 0 Å². The Labute approximate surface area is 30.8 Å². The summed E-state index contributed by atoms with van der Waals surface area (Å²) in [7, 11) is 0. The SMILES string of the molecule is OCCO.[2NH3]. The molecule has 0 saturated carbocycles. The molecule has 0 amide bonds. The molecule has 3 nitrogen and oxygen atoms in total. The highest BCUT2D eigenvalue weighted by Crippen LogP contribution is 1.39. The van der Waals surface area contributed by atoms with Crippen LogP contribution in [0.3, 0.4) is 0 Å². The van der Waals surface area contributed by atoms with Crippen molar-refractivity contribution in [3.05, 3.63) is 0 Å². The van der Waals surface area contributed by atoms with E-state index in [1.165, 1.54) is 0 Å². The van der Waals surface area contributed by atoms with Gasteiger partial charge >= 0.3 is 0 Å². The van der Waals surface area contributed by atoms with Crippen molar-refractivity contribution >= 4 is 0 Å². The predicted octanol–water partition coefficient (Wildman–Crippen LogP) is -0.867. The summed E-state index contributed by atoms with van der Waals surface area (Å²) in [6.45, 7) is -0.250. The van der Waals surface area contributed by atoms with Crippen molar-refractivity contribution in [3.8, 4) is 0 Å². The van der Waals surface area contributed by atoms with Crippen LogP contribution in [0.4, 0.5) is 0 Å². The fourth-order valence-corrected chi connectivity index (χ4v) is 0. The van der Waals surface area contributed by atoms with Crippen LogP contribution >= 0.6 is 0 Å². The van der Waals surface area contributed by atoms with Crippen LogP contribution in [0.2, 0.25) is 0 Å². The molecule has 34 valence electrons. The molecule has 3 heteroatoms. The molecule has 0 aliphatic heterocycles. The van der Waals surface area contributed by atoms with E-state index < -0.39 is 0 Å². The summed E-state index contributed by atoms with van der Waals surface area (Å²) in [5.74, 6) is 0. The maximum Gasteiger partial charge on any atom is 0.0662 e. The van der Waals surface area contributed by atoms with Crippen molar-refractivity contribution in [1.82, 2.24) is 6.15 Å². The van der Waals surface area contributed by atoms with Crippen LogP contribution in [0.15, 0.2) is 0 Å². The van der Waals surface area contributed by atoms with Crippen molar-refractivity contribution in [3.63, 3.8) is 0 Å². The molecule has 0 spiro atoms. The van der Waals surface area contributed by atoms with Crippen LogP contribution in [0.5, 0.6) is 0 Å². The molecular formula is C2H9NO2. The average molecular weight is 67.1 g/mol. The fourth-order valence-electron chi connectivity index (χ4n) is 0. The van der Waals surface area contributed by atoms with Gasteiger partial charge in [-0.3, -0.25) is 0 Å². The van der Waals surface area contributed by atoms with Crippen molar-refractivity contribution in [2.75, 3.05) is 13.2 Å². The van der Waals surface area contributed by atoms with E-state index in [4.69, 9.17) is 10.2 Å². The van der Waals surface area contributed by atoms with Crippen LogP contribution in [-0.2, 0) is 0 Å². The standard InChI is InChI=1S/C2H6O2.H3N/c3-1-2-4;/h3-4H,1-2H2;1H3/i;1-12. The summed E-state index contributed by atoms with van der Waals surface area (Å²) in [4.78, 5) is 0. The molecule has 0 heterocycles. The summed E-state index contributed by atoms with van der Waals surface area (Å²) < 4.78 is 0. The molecule has 0 fully saturated rings. The van der Waals surface area contributed by atoms with E-state index in [9.17, 15) is 0 Å². The molecule has 0 aliphatic carbocycles. The number of rotatable bonds is 1. The second-order valence-corrected chi connectivity index (χ2v) is 0.447. The van der Waals surface area contributed by atoms with Gasteiger partial charge in [-0.1, -0.05) is 0 Å². The number of hydrogen-bond acceptors (Lipinski definition) is 3. The lowest BCUT2D eigenvalue weighted by Gasteiger charge is -1.70. The van der Waals surface area contributed by atoms with Gasteiger partial charge in [0.1, 0.15) is 0 Å². The Morgan fingerprint density at radius 3 is 1.20 bits per heavy atom. The van der Waals surface area contributed by atoms with Gasteiger partial charge in [0.2, 0.25) is 0 Å². The highest BCUT2D eigenvalue weighted by Gasteiger charge is 1.58. The maximum absolute atomic E-state index is 7.62. The minimum atomic E-state index is -0.125. The highest BCUT2D eigenvalue weighted by molar-refractivity contribution is 4.06. The van der Waals surface area contributed by atoms with Crippen LogP contribution in [0.25, 0.3) is 0 Å². The third-order valence-electron chi connectivity index (χ3n) is 0.1000. The molecule has 0 aromatic carbocycles.